The lowest BCUT2D eigenvalue weighted by Gasteiger charge is -2.20. The summed E-state index contributed by atoms with van der Waals surface area (Å²) >= 11 is 0. The Bertz CT molecular complexity index is 911. The summed E-state index contributed by atoms with van der Waals surface area (Å²) in [6.45, 7) is 3.00. The second-order valence-electron chi connectivity index (χ2n) is 6.49. The van der Waals surface area contributed by atoms with Gasteiger partial charge in [-0.05, 0) is 42.3 Å². The molecule has 3 aromatic carbocycles. The SMILES string of the molecule is CCOc1ccccc1NC(=O)[C@@H](NCc1ccc(OC)cc1)c1ccccc1. The number of hydrogen-bond donors (Lipinski definition) is 2. The zero-order valence-corrected chi connectivity index (χ0v) is 16.7. The maximum absolute atomic E-state index is 13.1. The average Bonchev–Trinajstić information content (AvgIpc) is 2.76. The minimum absolute atomic E-state index is 0.142. The highest BCUT2D eigenvalue weighted by molar-refractivity contribution is 5.96. The van der Waals surface area contributed by atoms with E-state index in [0.717, 1.165) is 16.9 Å². The molecule has 0 fully saturated rings. The molecule has 0 radical (unpaired) electrons. The largest absolute Gasteiger partial charge is 0.497 e. The van der Waals surface area contributed by atoms with Gasteiger partial charge in [-0.1, -0.05) is 54.6 Å². The van der Waals surface area contributed by atoms with Crippen molar-refractivity contribution in [3.8, 4) is 11.5 Å². The molecule has 0 aliphatic carbocycles. The predicted molar refractivity (Wildman–Crippen MR) is 115 cm³/mol. The van der Waals surface area contributed by atoms with Gasteiger partial charge in [-0.25, -0.2) is 0 Å². The average molecular weight is 390 g/mol. The lowest BCUT2D eigenvalue weighted by Crippen LogP contribution is -2.32. The number of para-hydroxylation sites is 2. The van der Waals surface area contributed by atoms with E-state index >= 15 is 0 Å². The smallest absolute Gasteiger partial charge is 0.246 e. The summed E-state index contributed by atoms with van der Waals surface area (Å²) in [5.41, 5.74) is 2.62. The summed E-state index contributed by atoms with van der Waals surface area (Å²) < 4.78 is 10.8. The van der Waals surface area contributed by atoms with Crippen molar-refractivity contribution >= 4 is 11.6 Å². The molecule has 150 valence electrons. The van der Waals surface area contributed by atoms with Crippen LogP contribution in [-0.4, -0.2) is 19.6 Å². The minimum atomic E-state index is -0.506. The fourth-order valence-electron chi connectivity index (χ4n) is 3.03. The molecule has 0 heterocycles. The summed E-state index contributed by atoms with van der Waals surface area (Å²) in [5, 5.41) is 6.37. The molecule has 1 amide bonds. The first-order valence-corrected chi connectivity index (χ1v) is 9.65. The number of hydrogen-bond acceptors (Lipinski definition) is 4. The van der Waals surface area contributed by atoms with Crippen LogP contribution >= 0.6 is 0 Å². The highest BCUT2D eigenvalue weighted by atomic mass is 16.5. The molecule has 29 heavy (non-hydrogen) atoms. The van der Waals surface area contributed by atoms with E-state index in [-0.39, 0.29) is 5.91 Å². The van der Waals surface area contributed by atoms with Gasteiger partial charge in [0.2, 0.25) is 5.91 Å². The number of benzene rings is 3. The van der Waals surface area contributed by atoms with Gasteiger partial charge in [0.25, 0.3) is 0 Å². The summed E-state index contributed by atoms with van der Waals surface area (Å²) in [6, 6.07) is 24.4. The number of carbonyl (C=O) groups is 1. The summed E-state index contributed by atoms with van der Waals surface area (Å²) in [6.07, 6.45) is 0. The van der Waals surface area contributed by atoms with Crippen LogP contribution in [0, 0.1) is 0 Å². The molecule has 0 aliphatic heterocycles. The van der Waals surface area contributed by atoms with Crippen LogP contribution in [0.25, 0.3) is 0 Å². The van der Waals surface area contributed by atoms with E-state index in [1.807, 2.05) is 85.8 Å². The Kier molecular flexibility index (Phi) is 7.25. The van der Waals surface area contributed by atoms with Crippen LogP contribution in [0.2, 0.25) is 0 Å². The van der Waals surface area contributed by atoms with Crippen LogP contribution in [-0.2, 0) is 11.3 Å². The standard InChI is InChI=1S/C24H26N2O3/c1-3-29-22-12-8-7-11-21(22)26-24(27)23(19-9-5-4-6-10-19)25-17-18-13-15-20(28-2)16-14-18/h4-16,23,25H,3,17H2,1-2H3,(H,26,27)/t23-/m0/s1. The van der Waals surface area contributed by atoms with Gasteiger partial charge < -0.3 is 14.8 Å². The zero-order chi connectivity index (χ0) is 20.5. The van der Waals surface area contributed by atoms with Gasteiger partial charge in [-0.2, -0.15) is 0 Å². The van der Waals surface area contributed by atoms with Gasteiger partial charge in [0.05, 0.1) is 19.4 Å². The Labute approximate surface area is 171 Å². The number of methoxy groups -OCH3 is 1. The molecule has 0 saturated carbocycles. The second kappa shape index (κ2) is 10.3. The molecule has 0 bridgehead atoms. The fraction of sp³-hybridized carbons (Fsp3) is 0.208. The van der Waals surface area contributed by atoms with E-state index in [0.29, 0.717) is 24.6 Å². The van der Waals surface area contributed by atoms with E-state index in [2.05, 4.69) is 10.6 Å². The first-order chi connectivity index (χ1) is 14.2. The van der Waals surface area contributed by atoms with Crippen molar-refractivity contribution in [1.82, 2.24) is 5.32 Å². The Morgan fingerprint density at radius 1 is 0.931 bits per heavy atom. The van der Waals surface area contributed by atoms with Crippen LogP contribution < -0.4 is 20.1 Å². The lowest BCUT2D eigenvalue weighted by atomic mass is 10.1. The third-order valence-electron chi connectivity index (χ3n) is 4.51. The maximum atomic E-state index is 13.1. The van der Waals surface area contributed by atoms with E-state index < -0.39 is 6.04 Å². The third-order valence-corrected chi connectivity index (χ3v) is 4.51. The summed E-state index contributed by atoms with van der Waals surface area (Å²) in [7, 11) is 1.64. The summed E-state index contributed by atoms with van der Waals surface area (Å²) in [5.74, 6) is 1.32. The topological polar surface area (TPSA) is 59.6 Å². The van der Waals surface area contributed by atoms with E-state index in [4.69, 9.17) is 9.47 Å². The number of amides is 1. The summed E-state index contributed by atoms with van der Waals surface area (Å²) in [4.78, 5) is 13.1. The van der Waals surface area contributed by atoms with Crippen LogP contribution in [0.1, 0.15) is 24.1 Å². The molecule has 0 aliphatic rings. The van der Waals surface area contributed by atoms with Crippen molar-refractivity contribution in [1.29, 1.82) is 0 Å². The molecule has 0 saturated heterocycles. The van der Waals surface area contributed by atoms with Gasteiger partial charge in [0.15, 0.2) is 0 Å². The quantitative estimate of drug-likeness (QED) is 0.562. The molecule has 3 rings (SSSR count). The number of carbonyl (C=O) groups excluding carboxylic acids is 1. The van der Waals surface area contributed by atoms with Crippen molar-refractivity contribution in [2.75, 3.05) is 19.0 Å². The van der Waals surface area contributed by atoms with Crippen molar-refractivity contribution in [2.45, 2.75) is 19.5 Å². The Balaban J connectivity index is 1.77. The fourth-order valence-corrected chi connectivity index (χ4v) is 3.03. The molecule has 5 nitrogen and oxygen atoms in total. The number of nitrogens with one attached hydrogen (secondary N) is 2. The van der Waals surface area contributed by atoms with Crippen LogP contribution in [0.5, 0.6) is 11.5 Å². The third kappa shape index (κ3) is 5.59. The Hall–Kier alpha value is -3.31. The molecule has 2 N–H and O–H groups in total. The van der Waals surface area contributed by atoms with Gasteiger partial charge in [0.1, 0.15) is 17.5 Å². The molecule has 0 unspecified atom stereocenters. The predicted octanol–water partition coefficient (Wildman–Crippen LogP) is 4.56. The molecule has 1 atom stereocenters. The molecule has 3 aromatic rings. The number of rotatable bonds is 9. The Morgan fingerprint density at radius 2 is 1.62 bits per heavy atom. The number of anilines is 1. The van der Waals surface area contributed by atoms with Gasteiger partial charge in [-0.15, -0.1) is 0 Å². The minimum Gasteiger partial charge on any atom is -0.497 e. The monoisotopic (exact) mass is 390 g/mol. The van der Waals surface area contributed by atoms with Crippen molar-refractivity contribution < 1.29 is 14.3 Å². The highest BCUT2D eigenvalue weighted by Gasteiger charge is 2.21. The molecule has 0 aromatic heterocycles. The van der Waals surface area contributed by atoms with Gasteiger partial charge in [0, 0.05) is 6.54 Å². The van der Waals surface area contributed by atoms with E-state index in [9.17, 15) is 4.79 Å². The van der Waals surface area contributed by atoms with Crippen LogP contribution in [0.4, 0.5) is 5.69 Å². The van der Waals surface area contributed by atoms with E-state index in [1.54, 1.807) is 7.11 Å². The maximum Gasteiger partial charge on any atom is 0.246 e. The molecule has 5 heteroatoms. The van der Waals surface area contributed by atoms with Crippen LogP contribution in [0.3, 0.4) is 0 Å². The first kappa shape index (κ1) is 20.4. The van der Waals surface area contributed by atoms with E-state index in [1.165, 1.54) is 0 Å². The highest BCUT2D eigenvalue weighted by Crippen LogP contribution is 2.25. The molecule has 0 spiro atoms. The van der Waals surface area contributed by atoms with Crippen LogP contribution in [0.15, 0.2) is 78.9 Å². The van der Waals surface area contributed by atoms with Gasteiger partial charge in [-0.3, -0.25) is 10.1 Å². The van der Waals surface area contributed by atoms with Crippen molar-refractivity contribution in [3.63, 3.8) is 0 Å². The molecular weight excluding hydrogens is 364 g/mol. The van der Waals surface area contributed by atoms with Crippen molar-refractivity contribution in [2.24, 2.45) is 0 Å². The lowest BCUT2D eigenvalue weighted by molar-refractivity contribution is -0.118. The number of ether oxygens (including phenoxy) is 2. The second-order valence-corrected chi connectivity index (χ2v) is 6.49. The van der Waals surface area contributed by atoms with Gasteiger partial charge >= 0.3 is 0 Å². The molecular formula is C24H26N2O3. The normalized spacial score (nSPS) is 11.5. The van der Waals surface area contributed by atoms with Crippen molar-refractivity contribution in [3.05, 3.63) is 90.0 Å². The zero-order valence-electron chi connectivity index (χ0n) is 16.7. The first-order valence-electron chi connectivity index (χ1n) is 9.65. The Morgan fingerprint density at radius 3 is 2.31 bits per heavy atom.